The molecule has 7 N–H and O–H groups in total. The van der Waals surface area contributed by atoms with Crippen molar-refractivity contribution in [2.75, 3.05) is 24.1 Å². The molecule has 3 rings (SSSR count). The van der Waals surface area contributed by atoms with E-state index in [0.717, 1.165) is 28.1 Å². The van der Waals surface area contributed by atoms with Crippen molar-refractivity contribution in [2.24, 2.45) is 5.73 Å². The summed E-state index contributed by atoms with van der Waals surface area (Å²) in [4.78, 5) is 27.3. The second kappa shape index (κ2) is 6.82. The van der Waals surface area contributed by atoms with Crippen LogP contribution in [0.25, 0.3) is 11.1 Å². The zero-order chi connectivity index (χ0) is 18.0. The van der Waals surface area contributed by atoms with E-state index in [2.05, 4.69) is 15.6 Å². The van der Waals surface area contributed by atoms with Gasteiger partial charge in [-0.2, -0.15) is 0 Å². The summed E-state index contributed by atoms with van der Waals surface area (Å²) < 4.78 is 0. The summed E-state index contributed by atoms with van der Waals surface area (Å²) in [7, 11) is 0. The average Bonchev–Trinajstić information content (AvgIpc) is 3.16. The van der Waals surface area contributed by atoms with E-state index >= 15 is 0 Å². The molecular formula is C18H21N5O2. The van der Waals surface area contributed by atoms with Crippen LogP contribution in [-0.4, -0.2) is 29.9 Å². The first-order valence-electron chi connectivity index (χ1n) is 8.06. The van der Waals surface area contributed by atoms with E-state index in [4.69, 9.17) is 11.5 Å². The number of nitrogen functional groups attached to an aromatic ring is 1. The highest BCUT2D eigenvalue weighted by Gasteiger charge is 2.27. The second-order valence-electron chi connectivity index (χ2n) is 6.00. The summed E-state index contributed by atoms with van der Waals surface area (Å²) in [5.41, 5.74) is 16.4. The highest BCUT2D eigenvalue weighted by Crippen LogP contribution is 2.37. The summed E-state index contributed by atoms with van der Waals surface area (Å²) >= 11 is 0. The van der Waals surface area contributed by atoms with Crippen LogP contribution in [0.5, 0.6) is 0 Å². The minimum absolute atomic E-state index is 0.0852. The largest absolute Gasteiger partial charge is 0.399 e. The summed E-state index contributed by atoms with van der Waals surface area (Å²) in [6.45, 7) is 2.74. The molecule has 0 fully saturated rings. The van der Waals surface area contributed by atoms with E-state index in [9.17, 15) is 9.59 Å². The van der Waals surface area contributed by atoms with Gasteiger partial charge in [0.1, 0.15) is 0 Å². The highest BCUT2D eigenvalue weighted by atomic mass is 16.2. The Morgan fingerprint density at radius 1 is 1.28 bits per heavy atom. The minimum atomic E-state index is -0.157. The number of rotatable bonds is 5. The Morgan fingerprint density at radius 2 is 2.08 bits per heavy atom. The molecule has 2 amide bonds. The predicted molar refractivity (Wildman–Crippen MR) is 98.5 cm³/mol. The van der Waals surface area contributed by atoms with Gasteiger partial charge in [0.15, 0.2) is 0 Å². The number of fused-ring (bicyclic) bond motifs is 1. The van der Waals surface area contributed by atoms with Gasteiger partial charge in [-0.25, -0.2) is 0 Å². The molecule has 1 aromatic heterocycles. The van der Waals surface area contributed by atoms with Gasteiger partial charge in [-0.05, 0) is 42.3 Å². The third-order valence-corrected chi connectivity index (χ3v) is 4.14. The molecule has 7 nitrogen and oxygen atoms in total. The lowest BCUT2D eigenvalue weighted by molar-refractivity contribution is -0.120. The first kappa shape index (κ1) is 16.8. The summed E-state index contributed by atoms with van der Waals surface area (Å²) in [5.74, 6) is -0.243. The van der Waals surface area contributed by atoms with Gasteiger partial charge < -0.3 is 27.1 Å². The van der Waals surface area contributed by atoms with Crippen molar-refractivity contribution in [3.63, 3.8) is 0 Å². The maximum absolute atomic E-state index is 12.4. The molecule has 130 valence electrons. The van der Waals surface area contributed by atoms with E-state index in [-0.39, 0.29) is 18.2 Å². The number of hydrogen-bond donors (Lipinski definition) is 5. The number of carbonyl (C=O) groups excluding carboxylic acids is 2. The number of aromatic nitrogens is 1. The van der Waals surface area contributed by atoms with Gasteiger partial charge in [0.25, 0.3) is 5.91 Å². The molecule has 0 saturated heterocycles. The van der Waals surface area contributed by atoms with Crippen LogP contribution in [0.15, 0.2) is 30.5 Å². The lowest BCUT2D eigenvalue weighted by Crippen LogP contribution is -2.30. The van der Waals surface area contributed by atoms with Crippen molar-refractivity contribution in [1.82, 2.24) is 10.3 Å². The molecule has 1 aromatic carbocycles. The van der Waals surface area contributed by atoms with E-state index in [1.807, 2.05) is 13.0 Å². The fourth-order valence-corrected chi connectivity index (χ4v) is 2.91. The molecule has 0 unspecified atom stereocenters. The predicted octanol–water partition coefficient (Wildman–Crippen LogP) is 1.10. The number of anilines is 2. The number of aromatic amines is 1. The summed E-state index contributed by atoms with van der Waals surface area (Å²) in [6, 6.07) is 7.22. The minimum Gasteiger partial charge on any atom is -0.399 e. The van der Waals surface area contributed by atoms with Crippen LogP contribution in [0.3, 0.4) is 0 Å². The van der Waals surface area contributed by atoms with E-state index in [1.165, 1.54) is 0 Å². The summed E-state index contributed by atoms with van der Waals surface area (Å²) in [6.07, 6.45) is 2.03. The molecule has 0 saturated carbocycles. The average molecular weight is 339 g/mol. The number of nitrogens with one attached hydrogen (secondary N) is 3. The first-order chi connectivity index (χ1) is 12.0. The standard InChI is InChI=1S/C18H21N5O2/c1-10(15-6-11(9-22-15)7-16(24)21-5-4-19)17-13-8-12(20)2-3-14(13)23-18(17)25/h2-3,6,8-9,22H,4-5,7,19-20H2,1H3,(H,21,24)(H,23,25). The lowest BCUT2D eigenvalue weighted by Gasteiger charge is -2.05. The molecule has 25 heavy (non-hydrogen) atoms. The van der Waals surface area contributed by atoms with Crippen LogP contribution >= 0.6 is 0 Å². The van der Waals surface area contributed by atoms with Crippen LogP contribution in [-0.2, 0) is 16.0 Å². The van der Waals surface area contributed by atoms with E-state index in [0.29, 0.717) is 24.4 Å². The van der Waals surface area contributed by atoms with Gasteiger partial charge >= 0.3 is 0 Å². The quantitative estimate of drug-likeness (QED) is 0.413. The van der Waals surface area contributed by atoms with E-state index in [1.54, 1.807) is 24.4 Å². The van der Waals surface area contributed by atoms with Gasteiger partial charge in [-0.1, -0.05) is 0 Å². The lowest BCUT2D eigenvalue weighted by atomic mass is 9.99. The van der Waals surface area contributed by atoms with Gasteiger partial charge in [0.05, 0.1) is 12.0 Å². The molecule has 2 aromatic rings. The number of benzene rings is 1. The highest BCUT2D eigenvalue weighted by molar-refractivity contribution is 6.36. The van der Waals surface area contributed by atoms with Crippen molar-refractivity contribution in [3.05, 3.63) is 47.3 Å². The Hall–Kier alpha value is -3.06. The first-order valence-corrected chi connectivity index (χ1v) is 8.06. The molecular weight excluding hydrogens is 318 g/mol. The molecule has 0 bridgehead atoms. The fourth-order valence-electron chi connectivity index (χ4n) is 2.91. The SMILES string of the molecule is CC(=C1C(=O)Nc2ccc(N)cc21)c1cc(CC(=O)NCCN)c[nH]1. The van der Waals surface area contributed by atoms with Crippen LogP contribution in [0.1, 0.15) is 23.7 Å². The Bertz CT molecular complexity index is 866. The van der Waals surface area contributed by atoms with E-state index < -0.39 is 0 Å². The molecule has 0 atom stereocenters. The van der Waals surface area contributed by atoms with Gasteiger partial charge in [-0.15, -0.1) is 0 Å². The molecule has 0 aliphatic carbocycles. The number of carbonyl (C=O) groups is 2. The number of hydrogen-bond acceptors (Lipinski definition) is 4. The van der Waals surface area contributed by atoms with Gasteiger partial charge in [-0.3, -0.25) is 9.59 Å². The van der Waals surface area contributed by atoms with Crippen molar-refractivity contribution >= 4 is 34.3 Å². The molecule has 2 heterocycles. The van der Waals surface area contributed by atoms with Crippen molar-refractivity contribution in [3.8, 4) is 0 Å². The fraction of sp³-hybridized carbons (Fsp3) is 0.222. The monoisotopic (exact) mass is 339 g/mol. The Labute approximate surface area is 145 Å². The zero-order valence-electron chi connectivity index (χ0n) is 14.0. The Balaban J connectivity index is 1.88. The van der Waals surface area contributed by atoms with Crippen LogP contribution in [0, 0.1) is 0 Å². The normalized spacial score (nSPS) is 14.9. The third kappa shape index (κ3) is 3.41. The zero-order valence-corrected chi connectivity index (χ0v) is 14.0. The van der Waals surface area contributed by atoms with Crippen molar-refractivity contribution < 1.29 is 9.59 Å². The number of H-pyrrole nitrogens is 1. The topological polar surface area (TPSA) is 126 Å². The van der Waals surface area contributed by atoms with Crippen LogP contribution < -0.4 is 22.1 Å². The summed E-state index contributed by atoms with van der Waals surface area (Å²) in [5, 5.41) is 5.58. The van der Waals surface area contributed by atoms with Gasteiger partial charge in [0, 0.05) is 41.9 Å². The maximum Gasteiger partial charge on any atom is 0.256 e. The number of allylic oxidation sites excluding steroid dienone is 1. The Kier molecular flexibility index (Phi) is 4.58. The third-order valence-electron chi connectivity index (χ3n) is 4.14. The molecule has 1 aliphatic rings. The second-order valence-corrected chi connectivity index (χ2v) is 6.00. The van der Waals surface area contributed by atoms with Crippen molar-refractivity contribution in [2.45, 2.75) is 13.3 Å². The Morgan fingerprint density at radius 3 is 2.84 bits per heavy atom. The van der Waals surface area contributed by atoms with Crippen LogP contribution in [0.4, 0.5) is 11.4 Å². The maximum atomic E-state index is 12.4. The molecule has 7 heteroatoms. The molecule has 1 aliphatic heterocycles. The molecule has 0 radical (unpaired) electrons. The van der Waals surface area contributed by atoms with Gasteiger partial charge in [0.2, 0.25) is 5.91 Å². The van der Waals surface area contributed by atoms with Crippen LogP contribution in [0.2, 0.25) is 0 Å². The number of amides is 2. The smallest absolute Gasteiger partial charge is 0.256 e. The molecule has 0 spiro atoms. The number of nitrogens with two attached hydrogens (primary N) is 2. The van der Waals surface area contributed by atoms with Crippen molar-refractivity contribution in [1.29, 1.82) is 0 Å².